The van der Waals surface area contributed by atoms with Crippen LogP contribution in [0, 0.1) is 23.2 Å². The molecule has 2 bridgehead atoms. The summed E-state index contributed by atoms with van der Waals surface area (Å²) in [6.45, 7) is 1.43. The number of nitrogens with zero attached hydrogens (tertiary/aromatic N) is 4. The summed E-state index contributed by atoms with van der Waals surface area (Å²) in [6, 6.07) is 5.07. The fourth-order valence-electron chi connectivity index (χ4n) is 5.18. The molecule has 3 aliphatic heterocycles. The van der Waals surface area contributed by atoms with Gasteiger partial charge in [0.05, 0.1) is 46.5 Å². The minimum Gasteiger partial charge on any atom is -0.396 e. The molecule has 28 heavy (non-hydrogen) atoms. The second kappa shape index (κ2) is 5.55. The van der Waals surface area contributed by atoms with Crippen molar-refractivity contribution in [3.05, 3.63) is 17.7 Å². The Bertz CT molecular complexity index is 1080. The third kappa shape index (κ3) is 1.89. The first-order valence-electron chi connectivity index (χ1n) is 8.90. The zero-order valence-corrected chi connectivity index (χ0v) is 15.6. The van der Waals surface area contributed by atoms with Crippen LogP contribution < -0.4 is 4.90 Å². The Morgan fingerprint density at radius 3 is 2.75 bits per heavy atom. The van der Waals surface area contributed by atoms with Crippen molar-refractivity contribution in [3.8, 4) is 6.07 Å². The monoisotopic (exact) mass is 400 g/mol. The highest BCUT2D eigenvalue weighted by molar-refractivity contribution is 7.00. The van der Waals surface area contributed by atoms with Crippen molar-refractivity contribution in [2.45, 2.75) is 37.1 Å². The summed E-state index contributed by atoms with van der Waals surface area (Å²) in [5.41, 5.74) is -0.994. The van der Waals surface area contributed by atoms with Crippen LogP contribution in [0.1, 0.15) is 25.3 Å². The minimum atomic E-state index is -1.19. The second-order valence-corrected chi connectivity index (χ2v) is 8.25. The number of anilines is 1. The fraction of sp³-hybridized carbons (Fsp3) is 0.500. The second-order valence-electron chi connectivity index (χ2n) is 7.72. The van der Waals surface area contributed by atoms with E-state index in [9.17, 15) is 25.1 Å². The normalized spacial score (nSPS) is 36.4. The van der Waals surface area contributed by atoms with Crippen molar-refractivity contribution < 1.29 is 24.5 Å². The van der Waals surface area contributed by atoms with Gasteiger partial charge < -0.3 is 14.9 Å². The van der Waals surface area contributed by atoms with E-state index in [1.54, 1.807) is 6.92 Å². The van der Waals surface area contributed by atoms with Crippen LogP contribution in [0.15, 0.2) is 12.1 Å². The van der Waals surface area contributed by atoms with Crippen molar-refractivity contribution >= 4 is 40.3 Å². The molecular weight excluding hydrogens is 384 g/mol. The summed E-state index contributed by atoms with van der Waals surface area (Å²) in [4.78, 5) is 27.8. The van der Waals surface area contributed by atoms with Gasteiger partial charge in [0.25, 0.3) is 0 Å². The summed E-state index contributed by atoms with van der Waals surface area (Å²) in [5, 5.41) is 29.3. The SMILES string of the molecule is CC12OC(CCO)(C[C@H]1O)[C@@H]1C(=O)N(c3ccc(C#N)c4nsnc34)C(=O)[C@@H]12. The lowest BCUT2D eigenvalue weighted by molar-refractivity contribution is -0.134. The summed E-state index contributed by atoms with van der Waals surface area (Å²) < 4.78 is 14.4. The molecule has 5 atom stereocenters. The largest absolute Gasteiger partial charge is 0.396 e. The Hall–Kier alpha value is -2.45. The third-order valence-electron chi connectivity index (χ3n) is 6.40. The molecule has 0 spiro atoms. The number of hydrogen-bond donors (Lipinski definition) is 2. The number of carbonyl (C=O) groups is 2. The van der Waals surface area contributed by atoms with Crippen LogP contribution in [0.5, 0.6) is 0 Å². The van der Waals surface area contributed by atoms with E-state index < -0.39 is 41.0 Å². The predicted octanol–water partition coefficient (Wildman–Crippen LogP) is 0.343. The molecule has 2 unspecified atom stereocenters. The van der Waals surface area contributed by atoms with Gasteiger partial charge >= 0.3 is 0 Å². The zero-order chi connectivity index (χ0) is 19.8. The van der Waals surface area contributed by atoms with E-state index in [1.165, 1.54) is 12.1 Å². The molecule has 0 aliphatic carbocycles. The van der Waals surface area contributed by atoms with Crippen LogP contribution >= 0.6 is 11.7 Å². The van der Waals surface area contributed by atoms with Crippen molar-refractivity contribution in [2.75, 3.05) is 11.5 Å². The van der Waals surface area contributed by atoms with E-state index in [1.807, 2.05) is 6.07 Å². The Kier molecular flexibility index (Phi) is 3.49. The molecule has 1 aromatic carbocycles. The number of aromatic nitrogens is 2. The Balaban J connectivity index is 1.66. The summed E-state index contributed by atoms with van der Waals surface area (Å²) in [6.07, 6.45) is -0.549. The molecule has 5 rings (SSSR count). The van der Waals surface area contributed by atoms with E-state index >= 15 is 0 Å². The van der Waals surface area contributed by atoms with E-state index in [-0.39, 0.29) is 25.1 Å². The molecule has 4 heterocycles. The van der Waals surface area contributed by atoms with E-state index in [0.29, 0.717) is 16.6 Å². The summed E-state index contributed by atoms with van der Waals surface area (Å²) in [7, 11) is 0. The topological polar surface area (TPSA) is 137 Å². The van der Waals surface area contributed by atoms with E-state index in [0.717, 1.165) is 16.6 Å². The molecule has 2 N–H and O–H groups in total. The van der Waals surface area contributed by atoms with E-state index in [2.05, 4.69) is 8.75 Å². The van der Waals surface area contributed by atoms with Gasteiger partial charge in [0, 0.05) is 19.4 Å². The van der Waals surface area contributed by atoms with Gasteiger partial charge in [0.15, 0.2) is 0 Å². The molecule has 3 aliphatic rings. The average Bonchev–Trinajstić information content (AvgIpc) is 3.35. The van der Waals surface area contributed by atoms with Gasteiger partial charge in [-0.1, -0.05) is 0 Å². The highest BCUT2D eigenvalue weighted by Crippen LogP contribution is 2.62. The lowest BCUT2D eigenvalue weighted by Gasteiger charge is -2.33. The molecule has 1 aromatic heterocycles. The Labute approximate surface area is 163 Å². The number of imide groups is 1. The zero-order valence-electron chi connectivity index (χ0n) is 14.8. The van der Waals surface area contributed by atoms with Gasteiger partial charge in [-0.05, 0) is 19.1 Å². The fourth-order valence-corrected chi connectivity index (χ4v) is 5.74. The number of aliphatic hydroxyl groups excluding tert-OH is 2. The summed E-state index contributed by atoms with van der Waals surface area (Å²) in [5.74, 6) is -2.52. The molecule has 0 radical (unpaired) electrons. The summed E-state index contributed by atoms with van der Waals surface area (Å²) >= 11 is 0.901. The van der Waals surface area contributed by atoms with Crippen LogP contribution in [-0.4, -0.2) is 54.7 Å². The van der Waals surface area contributed by atoms with Crippen molar-refractivity contribution in [3.63, 3.8) is 0 Å². The number of ether oxygens (including phenoxy) is 1. The smallest absolute Gasteiger partial charge is 0.240 e. The predicted molar refractivity (Wildman–Crippen MR) is 96.2 cm³/mol. The first kappa shape index (κ1) is 17.6. The molecule has 10 heteroatoms. The van der Waals surface area contributed by atoms with Crippen LogP contribution in [-0.2, 0) is 14.3 Å². The number of carbonyl (C=O) groups excluding carboxylic acids is 2. The number of amides is 2. The van der Waals surface area contributed by atoms with Gasteiger partial charge in [-0.3, -0.25) is 9.59 Å². The molecular formula is C18H16N4O5S. The van der Waals surface area contributed by atoms with Gasteiger partial charge in [-0.25, -0.2) is 4.90 Å². The molecule has 3 fully saturated rings. The van der Waals surface area contributed by atoms with Crippen LogP contribution in [0.4, 0.5) is 5.69 Å². The molecule has 144 valence electrons. The van der Waals surface area contributed by atoms with Crippen molar-refractivity contribution in [1.82, 2.24) is 8.75 Å². The maximum Gasteiger partial charge on any atom is 0.240 e. The Morgan fingerprint density at radius 2 is 2.04 bits per heavy atom. The van der Waals surface area contributed by atoms with Crippen molar-refractivity contribution in [2.24, 2.45) is 11.8 Å². The highest BCUT2D eigenvalue weighted by Gasteiger charge is 2.76. The first-order chi connectivity index (χ1) is 13.4. The molecule has 0 saturated carbocycles. The number of aliphatic hydroxyl groups is 2. The van der Waals surface area contributed by atoms with Crippen LogP contribution in [0.3, 0.4) is 0 Å². The van der Waals surface area contributed by atoms with E-state index in [4.69, 9.17) is 4.74 Å². The number of fused-ring (bicyclic) bond motifs is 6. The van der Waals surface area contributed by atoms with Crippen LogP contribution in [0.25, 0.3) is 11.0 Å². The van der Waals surface area contributed by atoms with Gasteiger partial charge in [-0.2, -0.15) is 14.0 Å². The molecule has 2 amide bonds. The standard InChI is InChI=1S/C18H16N4O5S/c1-17-10(24)6-18(27-17,4-5-23)12-11(17)15(25)22(16(12)26)9-3-2-8(7-19)13-14(9)21-28-20-13/h2-3,10-12,23-24H,4-6H2,1H3/t10-,11-,12+,17?,18?/m1/s1. The van der Waals surface area contributed by atoms with Gasteiger partial charge in [0.1, 0.15) is 22.7 Å². The average molecular weight is 400 g/mol. The highest BCUT2D eigenvalue weighted by atomic mass is 32.1. The quantitative estimate of drug-likeness (QED) is 0.704. The van der Waals surface area contributed by atoms with Crippen molar-refractivity contribution in [1.29, 1.82) is 5.26 Å². The number of nitriles is 1. The lowest BCUT2D eigenvalue weighted by Crippen LogP contribution is -2.49. The van der Waals surface area contributed by atoms with Gasteiger partial charge in [0.2, 0.25) is 11.8 Å². The number of hydrogen-bond acceptors (Lipinski definition) is 9. The third-order valence-corrected chi connectivity index (χ3v) is 6.93. The maximum atomic E-state index is 13.4. The first-order valence-corrected chi connectivity index (χ1v) is 9.63. The van der Waals surface area contributed by atoms with Gasteiger partial charge in [-0.15, -0.1) is 0 Å². The molecule has 9 nitrogen and oxygen atoms in total. The Morgan fingerprint density at radius 1 is 1.32 bits per heavy atom. The molecule has 2 aromatic rings. The number of rotatable bonds is 3. The number of benzene rings is 1. The maximum absolute atomic E-state index is 13.4. The van der Waals surface area contributed by atoms with Crippen LogP contribution in [0.2, 0.25) is 0 Å². The molecule has 3 saturated heterocycles. The minimum absolute atomic E-state index is 0.161. The lowest BCUT2D eigenvalue weighted by atomic mass is 9.66.